The maximum absolute atomic E-state index is 13.6. The lowest BCUT2D eigenvalue weighted by molar-refractivity contribution is -0.384. The van der Waals surface area contributed by atoms with Crippen molar-refractivity contribution >= 4 is 28.9 Å². The van der Waals surface area contributed by atoms with Crippen molar-refractivity contribution in [3.8, 4) is 0 Å². The van der Waals surface area contributed by atoms with Gasteiger partial charge in [-0.1, -0.05) is 19.1 Å². The predicted molar refractivity (Wildman–Crippen MR) is 109 cm³/mol. The lowest BCUT2D eigenvalue weighted by Gasteiger charge is -2.32. The highest BCUT2D eigenvalue weighted by atomic mass is 19.1. The number of nitro benzene ring substituents is 1. The zero-order valence-corrected chi connectivity index (χ0v) is 16.5. The summed E-state index contributed by atoms with van der Waals surface area (Å²) in [4.78, 5) is 37.1. The van der Waals surface area contributed by atoms with Crippen LogP contribution in [0.3, 0.4) is 0 Å². The lowest BCUT2D eigenvalue weighted by Crippen LogP contribution is -2.34. The largest absolute Gasteiger partial charge is 0.452 e. The smallest absolute Gasteiger partial charge is 0.338 e. The van der Waals surface area contributed by atoms with E-state index in [4.69, 9.17) is 4.74 Å². The molecule has 1 heterocycles. The van der Waals surface area contributed by atoms with E-state index in [0.29, 0.717) is 24.7 Å². The number of halogens is 1. The van der Waals surface area contributed by atoms with Crippen molar-refractivity contribution in [3.63, 3.8) is 0 Å². The molecule has 0 saturated carbocycles. The number of para-hydroxylation sites is 1. The number of rotatable bonds is 6. The van der Waals surface area contributed by atoms with Gasteiger partial charge in [-0.25, -0.2) is 9.18 Å². The normalized spacial score (nSPS) is 16.1. The van der Waals surface area contributed by atoms with Gasteiger partial charge >= 0.3 is 5.97 Å². The summed E-state index contributed by atoms with van der Waals surface area (Å²) in [5, 5.41) is 13.8. The summed E-state index contributed by atoms with van der Waals surface area (Å²) >= 11 is 0. The van der Waals surface area contributed by atoms with Gasteiger partial charge in [-0.15, -0.1) is 0 Å². The average molecular weight is 415 g/mol. The summed E-state index contributed by atoms with van der Waals surface area (Å²) < 4.78 is 18.5. The van der Waals surface area contributed by atoms with Crippen LogP contribution in [-0.4, -0.2) is 36.5 Å². The second-order valence-electron chi connectivity index (χ2n) is 7.26. The topological polar surface area (TPSA) is 102 Å². The second-order valence-corrected chi connectivity index (χ2v) is 7.26. The number of anilines is 2. The third-order valence-electron chi connectivity index (χ3n) is 4.89. The summed E-state index contributed by atoms with van der Waals surface area (Å²) in [5.41, 5.74) is 0.207. The molecule has 0 radical (unpaired) electrons. The molecule has 0 unspecified atom stereocenters. The Labute approximate surface area is 172 Å². The third kappa shape index (κ3) is 5.11. The van der Waals surface area contributed by atoms with E-state index >= 15 is 0 Å². The molecule has 0 aliphatic carbocycles. The molecule has 1 aliphatic heterocycles. The molecule has 1 atom stereocenters. The standard InChI is InChI=1S/C21H22FN3O5/c1-14-5-4-10-24(12-14)18-9-8-15(11-19(18)25(28)29)21(27)30-13-20(26)23-17-7-3-2-6-16(17)22/h2-3,6-9,11,14H,4-5,10,12-13H2,1H3,(H,23,26)/t14-/m0/s1. The molecule has 2 aromatic carbocycles. The SMILES string of the molecule is C[C@H]1CCCN(c2ccc(C(=O)OCC(=O)Nc3ccccc3F)cc2[N+](=O)[O-])C1. The molecule has 0 spiro atoms. The summed E-state index contributed by atoms with van der Waals surface area (Å²) in [7, 11) is 0. The number of piperidine rings is 1. The molecule has 158 valence electrons. The molecular formula is C21H22FN3O5. The van der Waals surface area contributed by atoms with Crippen molar-refractivity contribution < 1.29 is 23.6 Å². The molecule has 9 heteroatoms. The molecule has 1 aliphatic rings. The first-order valence-electron chi connectivity index (χ1n) is 9.60. The molecule has 1 amide bonds. The maximum atomic E-state index is 13.6. The van der Waals surface area contributed by atoms with E-state index in [1.165, 1.54) is 30.3 Å². The average Bonchev–Trinajstić information content (AvgIpc) is 2.73. The number of carbonyl (C=O) groups is 2. The molecule has 3 rings (SSSR count). The molecule has 30 heavy (non-hydrogen) atoms. The van der Waals surface area contributed by atoms with Gasteiger partial charge in [0.15, 0.2) is 6.61 Å². The highest BCUT2D eigenvalue weighted by Gasteiger charge is 2.25. The summed E-state index contributed by atoms with van der Waals surface area (Å²) in [6.45, 7) is 2.87. The van der Waals surface area contributed by atoms with E-state index in [0.717, 1.165) is 18.9 Å². The van der Waals surface area contributed by atoms with Crippen LogP contribution < -0.4 is 10.2 Å². The summed E-state index contributed by atoms with van der Waals surface area (Å²) in [6, 6.07) is 9.72. The Kier molecular flexibility index (Phi) is 6.61. The maximum Gasteiger partial charge on any atom is 0.338 e. The Balaban J connectivity index is 1.67. The Bertz CT molecular complexity index is 965. The predicted octanol–water partition coefficient (Wildman–Crippen LogP) is 3.77. The lowest BCUT2D eigenvalue weighted by atomic mass is 9.99. The summed E-state index contributed by atoms with van der Waals surface area (Å²) in [5.74, 6) is -1.78. The highest BCUT2D eigenvalue weighted by molar-refractivity contribution is 5.96. The van der Waals surface area contributed by atoms with Gasteiger partial charge < -0.3 is 15.0 Å². The molecule has 0 aromatic heterocycles. The van der Waals surface area contributed by atoms with Gasteiger partial charge in [0, 0.05) is 19.2 Å². The quantitative estimate of drug-likeness (QED) is 0.438. The Morgan fingerprint density at radius 2 is 2.07 bits per heavy atom. The van der Waals surface area contributed by atoms with E-state index in [-0.39, 0.29) is 16.9 Å². The van der Waals surface area contributed by atoms with Gasteiger partial charge in [0.25, 0.3) is 11.6 Å². The van der Waals surface area contributed by atoms with Gasteiger partial charge in [0.05, 0.1) is 16.2 Å². The van der Waals surface area contributed by atoms with Crippen LogP contribution in [0, 0.1) is 21.8 Å². The van der Waals surface area contributed by atoms with E-state index in [1.807, 2.05) is 4.90 Å². The number of ether oxygens (including phenoxy) is 1. The Morgan fingerprint density at radius 3 is 2.77 bits per heavy atom. The fourth-order valence-corrected chi connectivity index (χ4v) is 3.44. The number of benzene rings is 2. The number of hydrogen-bond donors (Lipinski definition) is 1. The molecule has 8 nitrogen and oxygen atoms in total. The van der Waals surface area contributed by atoms with Gasteiger partial charge in [-0.2, -0.15) is 0 Å². The van der Waals surface area contributed by atoms with Crippen LogP contribution >= 0.6 is 0 Å². The molecule has 1 N–H and O–H groups in total. The Hall–Kier alpha value is -3.49. The van der Waals surface area contributed by atoms with Gasteiger partial charge in [-0.3, -0.25) is 14.9 Å². The van der Waals surface area contributed by atoms with E-state index in [2.05, 4.69) is 12.2 Å². The molecular weight excluding hydrogens is 393 g/mol. The number of amides is 1. The third-order valence-corrected chi connectivity index (χ3v) is 4.89. The highest BCUT2D eigenvalue weighted by Crippen LogP contribution is 2.32. The summed E-state index contributed by atoms with van der Waals surface area (Å²) in [6.07, 6.45) is 2.02. The van der Waals surface area contributed by atoms with Crippen LogP contribution in [0.2, 0.25) is 0 Å². The zero-order chi connectivity index (χ0) is 21.7. The molecule has 1 fully saturated rings. The first-order chi connectivity index (χ1) is 14.3. The minimum atomic E-state index is -0.875. The van der Waals surface area contributed by atoms with E-state index < -0.39 is 29.2 Å². The van der Waals surface area contributed by atoms with Crippen LogP contribution in [0.4, 0.5) is 21.5 Å². The number of nitrogens with zero attached hydrogens (tertiary/aromatic N) is 2. The van der Waals surface area contributed by atoms with Crippen LogP contribution in [0.25, 0.3) is 0 Å². The monoisotopic (exact) mass is 415 g/mol. The van der Waals surface area contributed by atoms with E-state index in [1.54, 1.807) is 6.07 Å². The molecule has 1 saturated heterocycles. The van der Waals surface area contributed by atoms with Gasteiger partial charge in [0.1, 0.15) is 11.5 Å². The van der Waals surface area contributed by atoms with Crippen molar-refractivity contribution in [2.75, 3.05) is 29.9 Å². The van der Waals surface area contributed by atoms with Gasteiger partial charge in [-0.05, 0) is 43.0 Å². The number of hydrogen-bond acceptors (Lipinski definition) is 6. The fourth-order valence-electron chi connectivity index (χ4n) is 3.44. The number of nitro groups is 1. The minimum Gasteiger partial charge on any atom is -0.452 e. The van der Waals surface area contributed by atoms with Gasteiger partial charge in [0.2, 0.25) is 0 Å². The van der Waals surface area contributed by atoms with Crippen LogP contribution in [0.5, 0.6) is 0 Å². The molecule has 2 aromatic rings. The number of carbonyl (C=O) groups excluding carboxylic acids is 2. The molecule has 0 bridgehead atoms. The first-order valence-corrected chi connectivity index (χ1v) is 9.60. The number of esters is 1. The van der Waals surface area contributed by atoms with Crippen LogP contribution in [-0.2, 0) is 9.53 Å². The Morgan fingerprint density at radius 1 is 1.30 bits per heavy atom. The van der Waals surface area contributed by atoms with Crippen molar-refractivity contribution in [2.45, 2.75) is 19.8 Å². The van der Waals surface area contributed by atoms with Crippen molar-refractivity contribution in [1.82, 2.24) is 0 Å². The van der Waals surface area contributed by atoms with Crippen LogP contribution in [0.15, 0.2) is 42.5 Å². The minimum absolute atomic E-state index is 0.0331. The number of nitrogens with one attached hydrogen (secondary N) is 1. The first kappa shape index (κ1) is 21.2. The van der Waals surface area contributed by atoms with E-state index in [9.17, 15) is 24.1 Å². The second kappa shape index (κ2) is 9.34. The van der Waals surface area contributed by atoms with Crippen molar-refractivity contribution in [1.29, 1.82) is 0 Å². The van der Waals surface area contributed by atoms with Crippen molar-refractivity contribution in [3.05, 3.63) is 64.0 Å². The van der Waals surface area contributed by atoms with Crippen molar-refractivity contribution in [2.24, 2.45) is 5.92 Å². The zero-order valence-electron chi connectivity index (χ0n) is 16.5. The fraction of sp³-hybridized carbons (Fsp3) is 0.333. The van der Waals surface area contributed by atoms with Crippen LogP contribution in [0.1, 0.15) is 30.1 Å².